The van der Waals surface area contributed by atoms with Crippen LogP contribution in [0.25, 0.3) is 5.57 Å². The zero-order chi connectivity index (χ0) is 30.1. The number of carbonyl (C=O) groups is 1. The van der Waals surface area contributed by atoms with Gasteiger partial charge < -0.3 is 29.2 Å². The Balaban J connectivity index is 1.70. The van der Waals surface area contributed by atoms with Gasteiger partial charge in [0.15, 0.2) is 18.6 Å². The molecule has 1 aromatic carbocycles. The third-order valence-corrected chi connectivity index (χ3v) is 6.68. The number of rotatable bonds is 18. The lowest BCUT2D eigenvalue weighted by molar-refractivity contribution is -0.0400. The van der Waals surface area contributed by atoms with E-state index in [1.807, 2.05) is 36.2 Å². The molecular weight excluding hydrogens is 548 g/mol. The van der Waals surface area contributed by atoms with Crippen molar-refractivity contribution >= 4 is 29.0 Å². The van der Waals surface area contributed by atoms with Gasteiger partial charge in [-0.3, -0.25) is 0 Å². The highest BCUT2D eigenvalue weighted by Crippen LogP contribution is 2.43. The summed E-state index contributed by atoms with van der Waals surface area (Å²) in [5, 5.41) is 30.9. The average molecular weight is 587 g/mol. The fraction of sp³-hybridized carbons (Fsp3) is 0.586. The molecule has 1 N–H and O–H groups in total. The van der Waals surface area contributed by atoms with E-state index in [0.29, 0.717) is 51.0 Å². The van der Waals surface area contributed by atoms with E-state index in [0.717, 1.165) is 41.8 Å². The fourth-order valence-electron chi connectivity index (χ4n) is 4.31. The number of unbranched alkanes of at least 4 members (excludes halogenated alkanes) is 3. The maximum atomic E-state index is 11.9. The van der Waals surface area contributed by atoms with Crippen LogP contribution in [-0.2, 0) is 18.9 Å². The van der Waals surface area contributed by atoms with Crippen LogP contribution in [0.2, 0.25) is 0 Å². The Labute approximate surface area is 247 Å². The minimum atomic E-state index is -1.06. The normalized spacial score (nSPS) is 15.5. The van der Waals surface area contributed by atoms with Crippen molar-refractivity contribution in [2.75, 3.05) is 64.0 Å². The lowest BCUT2D eigenvalue weighted by atomic mass is 9.89. The highest BCUT2D eigenvalue weighted by atomic mass is 35.5. The van der Waals surface area contributed by atoms with E-state index >= 15 is 0 Å². The van der Waals surface area contributed by atoms with E-state index in [9.17, 15) is 20.6 Å². The van der Waals surface area contributed by atoms with Crippen molar-refractivity contribution in [1.29, 1.82) is 15.8 Å². The molecule has 0 radical (unpaired) electrons. The van der Waals surface area contributed by atoms with Crippen molar-refractivity contribution in [2.24, 2.45) is 0 Å². The average Bonchev–Trinajstić information content (AvgIpc) is 3.24. The molecule has 1 amide bonds. The summed E-state index contributed by atoms with van der Waals surface area (Å²) in [6.45, 7) is 6.68. The van der Waals surface area contributed by atoms with Gasteiger partial charge in [-0.25, -0.2) is 4.79 Å². The molecule has 1 aliphatic heterocycles. The summed E-state index contributed by atoms with van der Waals surface area (Å²) in [6.07, 6.45) is 6.25. The van der Waals surface area contributed by atoms with Crippen LogP contribution in [-0.4, -0.2) is 81.9 Å². The second-order valence-corrected chi connectivity index (χ2v) is 10.2. The molecule has 12 heteroatoms. The van der Waals surface area contributed by atoms with Crippen LogP contribution in [0, 0.1) is 34.2 Å². The number of nitriles is 3. The summed E-state index contributed by atoms with van der Waals surface area (Å²) in [7, 11) is 1.88. The number of nitrogens with one attached hydrogen (secondary N) is 1. The third kappa shape index (κ3) is 10.8. The van der Waals surface area contributed by atoms with Crippen LogP contribution in [0.5, 0.6) is 0 Å². The van der Waals surface area contributed by atoms with Crippen molar-refractivity contribution < 1.29 is 23.7 Å². The molecule has 1 atom stereocenters. The maximum Gasteiger partial charge on any atom is 0.407 e. The molecule has 0 saturated carbocycles. The lowest BCUT2D eigenvalue weighted by Crippen LogP contribution is -2.32. The summed E-state index contributed by atoms with van der Waals surface area (Å²) in [4.78, 5) is 14.6. The molecule has 0 aliphatic carbocycles. The molecule has 11 nitrogen and oxygen atoms in total. The number of amides is 1. The third-order valence-electron chi connectivity index (χ3n) is 6.41. The molecule has 222 valence electrons. The highest BCUT2D eigenvalue weighted by Gasteiger charge is 2.44. The largest absolute Gasteiger partial charge is 0.448 e. The van der Waals surface area contributed by atoms with Crippen molar-refractivity contribution in [3.63, 3.8) is 0 Å². The van der Waals surface area contributed by atoms with Gasteiger partial charge in [0.1, 0.15) is 6.61 Å². The molecule has 2 rings (SSSR count). The molecular formula is C29H39ClN6O5. The fourth-order valence-corrected chi connectivity index (χ4v) is 4.49. The second-order valence-electron chi connectivity index (χ2n) is 9.81. The van der Waals surface area contributed by atoms with Gasteiger partial charge in [0.05, 0.1) is 43.6 Å². The summed E-state index contributed by atoms with van der Waals surface area (Å²) >= 11 is 5.65. The molecule has 1 aromatic rings. The summed E-state index contributed by atoms with van der Waals surface area (Å²) in [5.41, 5.74) is 1.61. The molecule has 1 aliphatic rings. The zero-order valence-corrected chi connectivity index (χ0v) is 24.8. The molecule has 41 heavy (non-hydrogen) atoms. The topological polar surface area (TPSA) is 144 Å². The zero-order valence-electron chi connectivity index (χ0n) is 24.0. The quantitative estimate of drug-likeness (QED) is 0.114. The van der Waals surface area contributed by atoms with E-state index in [-0.39, 0.29) is 12.2 Å². The number of ether oxygens (including phenoxy) is 4. The van der Waals surface area contributed by atoms with Gasteiger partial charge in [-0.15, -0.1) is 11.6 Å². The highest BCUT2D eigenvalue weighted by molar-refractivity contribution is 6.17. The van der Waals surface area contributed by atoms with Crippen molar-refractivity contribution in [3.8, 4) is 18.5 Å². The smallest absolute Gasteiger partial charge is 0.407 e. The molecule has 0 spiro atoms. The standard InChI is InChI=1S/C29H39ClN6O5/c1-29(2)26(25(20-31)27(41-29)36(21-32)22-33)23-8-10-24(11-9-23)35(3)14-17-40-28(37)34-13-16-39-19-18-38-15-7-5-4-6-12-30/h8-11,27H,4-7,12-19H2,1-3H3,(H,34,37). The van der Waals surface area contributed by atoms with E-state index in [2.05, 4.69) is 11.4 Å². The first kappa shape index (κ1) is 33.7. The van der Waals surface area contributed by atoms with Crippen LogP contribution in [0.15, 0.2) is 29.8 Å². The Kier molecular flexibility index (Phi) is 14.8. The molecule has 1 heterocycles. The lowest BCUT2D eigenvalue weighted by Gasteiger charge is -2.25. The number of hydrogen-bond donors (Lipinski definition) is 1. The number of carbonyl (C=O) groups excluding carboxylic acids is 1. The minimum Gasteiger partial charge on any atom is -0.448 e. The van der Waals surface area contributed by atoms with Gasteiger partial charge in [0.2, 0.25) is 0 Å². The van der Waals surface area contributed by atoms with Gasteiger partial charge in [-0.1, -0.05) is 25.0 Å². The maximum absolute atomic E-state index is 11.9. The molecule has 0 fully saturated rings. The van der Waals surface area contributed by atoms with E-state index in [4.69, 9.17) is 30.5 Å². The Morgan fingerprint density at radius 1 is 1.00 bits per heavy atom. The first-order valence-corrected chi connectivity index (χ1v) is 14.2. The van der Waals surface area contributed by atoms with Gasteiger partial charge >= 0.3 is 6.09 Å². The first-order valence-electron chi connectivity index (χ1n) is 13.6. The first-order chi connectivity index (χ1) is 19.8. The summed E-state index contributed by atoms with van der Waals surface area (Å²) in [6, 6.07) is 9.60. The predicted octanol–water partition coefficient (Wildman–Crippen LogP) is 4.36. The predicted molar refractivity (Wildman–Crippen MR) is 154 cm³/mol. The molecule has 1 unspecified atom stereocenters. The van der Waals surface area contributed by atoms with E-state index in [1.54, 1.807) is 26.2 Å². The van der Waals surface area contributed by atoms with Gasteiger partial charge in [0, 0.05) is 37.3 Å². The van der Waals surface area contributed by atoms with Gasteiger partial charge in [-0.05, 0) is 44.4 Å². The molecule has 0 bridgehead atoms. The van der Waals surface area contributed by atoms with Crippen LogP contribution in [0.4, 0.5) is 10.5 Å². The monoisotopic (exact) mass is 586 g/mol. The van der Waals surface area contributed by atoms with Crippen molar-refractivity contribution in [2.45, 2.75) is 51.4 Å². The number of benzene rings is 1. The summed E-state index contributed by atoms with van der Waals surface area (Å²) in [5.74, 6) is 0.710. The number of halogens is 1. The molecule has 0 aromatic heterocycles. The molecule has 0 saturated heterocycles. The Morgan fingerprint density at radius 3 is 2.29 bits per heavy atom. The van der Waals surface area contributed by atoms with E-state index < -0.39 is 17.9 Å². The number of nitrogens with zero attached hydrogens (tertiary/aromatic N) is 5. The van der Waals surface area contributed by atoms with Crippen LogP contribution in [0.3, 0.4) is 0 Å². The minimum absolute atomic E-state index is 0.189. The number of alkyl halides is 1. The van der Waals surface area contributed by atoms with Gasteiger partial charge in [0.25, 0.3) is 0 Å². The Hall–Kier alpha value is -3.53. The van der Waals surface area contributed by atoms with Crippen molar-refractivity contribution in [1.82, 2.24) is 10.2 Å². The number of hydrogen-bond acceptors (Lipinski definition) is 10. The number of likely N-dealkylation sites (N-methyl/N-ethyl adjacent to an activating group) is 1. The second kappa shape index (κ2) is 18.0. The van der Waals surface area contributed by atoms with Crippen molar-refractivity contribution in [3.05, 3.63) is 35.4 Å². The van der Waals surface area contributed by atoms with Crippen LogP contribution < -0.4 is 10.2 Å². The SMILES string of the molecule is CN(CCOC(=O)NCCOCCOCCCCCCCl)c1ccc(C2=C(C#N)C(N(C#N)C#N)OC2(C)C)cc1. The Morgan fingerprint density at radius 2 is 1.66 bits per heavy atom. The number of anilines is 1. The van der Waals surface area contributed by atoms with Crippen LogP contribution in [0.1, 0.15) is 45.1 Å². The van der Waals surface area contributed by atoms with Gasteiger partial charge in [-0.2, -0.15) is 20.7 Å². The summed E-state index contributed by atoms with van der Waals surface area (Å²) < 4.78 is 22.1. The van der Waals surface area contributed by atoms with Crippen LogP contribution >= 0.6 is 11.6 Å². The Bertz CT molecular complexity index is 1110. The number of alkyl carbamates (subject to hydrolysis) is 1. The van der Waals surface area contributed by atoms with E-state index in [1.165, 1.54) is 0 Å².